The van der Waals surface area contributed by atoms with Crippen molar-refractivity contribution in [1.29, 1.82) is 0 Å². The fraction of sp³-hybridized carbons (Fsp3) is 0.412. The molecule has 0 saturated heterocycles. The molecule has 11 heteroatoms. The van der Waals surface area contributed by atoms with Gasteiger partial charge in [0, 0.05) is 31.1 Å². The minimum Gasteiger partial charge on any atom is -0.357 e. The van der Waals surface area contributed by atoms with Crippen molar-refractivity contribution in [3.63, 3.8) is 0 Å². The summed E-state index contributed by atoms with van der Waals surface area (Å²) in [4.78, 5) is 23.8. The Kier molecular flexibility index (Phi) is 7.73. The second-order valence-electron chi connectivity index (χ2n) is 5.77. The predicted molar refractivity (Wildman–Crippen MR) is 102 cm³/mol. The molecule has 0 aliphatic heterocycles. The van der Waals surface area contributed by atoms with Gasteiger partial charge in [-0.15, -0.1) is 11.3 Å². The Hall–Kier alpha value is -2.69. The second-order valence-corrected chi connectivity index (χ2v) is 6.71. The molecule has 1 amide bonds. The Morgan fingerprint density at radius 1 is 1.29 bits per heavy atom. The third kappa shape index (κ3) is 7.14. The van der Waals surface area contributed by atoms with Crippen LogP contribution < -0.4 is 16.0 Å². The van der Waals surface area contributed by atoms with Gasteiger partial charge in [0.05, 0.1) is 6.54 Å². The molecule has 152 valence electrons. The lowest BCUT2D eigenvalue weighted by Crippen LogP contribution is -2.38. The number of hydrogen-bond acceptors (Lipinski definition) is 5. The summed E-state index contributed by atoms with van der Waals surface area (Å²) in [7, 11) is 0. The Balaban J connectivity index is 1.83. The van der Waals surface area contributed by atoms with Crippen LogP contribution in [0.5, 0.6) is 0 Å². The number of aliphatic imine (C=N–C) groups is 1. The van der Waals surface area contributed by atoms with Gasteiger partial charge in [0.2, 0.25) is 5.91 Å². The van der Waals surface area contributed by atoms with Crippen LogP contribution in [0.25, 0.3) is 0 Å². The first kappa shape index (κ1) is 21.6. The van der Waals surface area contributed by atoms with Gasteiger partial charge < -0.3 is 16.0 Å². The van der Waals surface area contributed by atoms with E-state index in [-0.39, 0.29) is 23.9 Å². The number of anilines is 1. The standard InChI is InChI=1S/C17H21F3N6OS/c1-3-21-16(24-9-15-25-12(10-28-15)17(18,19)20)22-7-6-14(27)26-13-5-4-11(2)8-23-13/h4-5,8,10H,3,6-7,9H2,1-2H3,(H2,21,22,24)(H,23,26,27). The van der Waals surface area contributed by atoms with Crippen molar-refractivity contribution >= 4 is 29.0 Å². The fourth-order valence-electron chi connectivity index (χ4n) is 2.04. The van der Waals surface area contributed by atoms with E-state index in [0.29, 0.717) is 24.9 Å². The van der Waals surface area contributed by atoms with Crippen molar-refractivity contribution in [1.82, 2.24) is 20.6 Å². The number of pyridine rings is 1. The molecule has 2 aromatic rings. The molecular weight excluding hydrogens is 393 g/mol. The van der Waals surface area contributed by atoms with E-state index >= 15 is 0 Å². The summed E-state index contributed by atoms with van der Waals surface area (Å²) in [5.74, 6) is 0.655. The monoisotopic (exact) mass is 414 g/mol. The van der Waals surface area contributed by atoms with Crippen LogP contribution in [0.2, 0.25) is 0 Å². The summed E-state index contributed by atoms with van der Waals surface area (Å²) in [5, 5.41) is 9.84. The van der Waals surface area contributed by atoms with Crippen LogP contribution in [0.1, 0.15) is 29.6 Å². The third-order valence-electron chi connectivity index (χ3n) is 3.38. The number of alkyl halides is 3. The van der Waals surface area contributed by atoms with E-state index in [0.717, 1.165) is 22.3 Å². The summed E-state index contributed by atoms with van der Waals surface area (Å²) < 4.78 is 37.7. The number of amides is 1. The van der Waals surface area contributed by atoms with E-state index in [1.165, 1.54) is 0 Å². The molecule has 2 heterocycles. The van der Waals surface area contributed by atoms with Crippen molar-refractivity contribution in [3.8, 4) is 0 Å². The number of nitrogens with zero attached hydrogens (tertiary/aromatic N) is 3. The number of halogens is 3. The highest BCUT2D eigenvalue weighted by molar-refractivity contribution is 7.09. The number of aromatic nitrogens is 2. The SMILES string of the molecule is CCNC(=NCc1nc(C(F)(F)F)cs1)NCCC(=O)Nc1ccc(C)cn1. The average molecular weight is 414 g/mol. The Morgan fingerprint density at radius 2 is 2.07 bits per heavy atom. The number of thiazole rings is 1. The van der Waals surface area contributed by atoms with Crippen LogP contribution in [0, 0.1) is 6.92 Å². The largest absolute Gasteiger partial charge is 0.434 e. The van der Waals surface area contributed by atoms with Crippen LogP contribution in [0.15, 0.2) is 28.7 Å². The number of rotatable bonds is 7. The van der Waals surface area contributed by atoms with Gasteiger partial charge in [0.1, 0.15) is 10.8 Å². The minimum atomic E-state index is -4.46. The molecule has 0 atom stereocenters. The maximum atomic E-state index is 12.6. The van der Waals surface area contributed by atoms with E-state index in [2.05, 4.69) is 30.9 Å². The van der Waals surface area contributed by atoms with Crippen LogP contribution >= 0.6 is 11.3 Å². The zero-order valence-electron chi connectivity index (χ0n) is 15.4. The zero-order valence-corrected chi connectivity index (χ0v) is 16.2. The molecule has 0 unspecified atom stereocenters. The highest BCUT2D eigenvalue weighted by Crippen LogP contribution is 2.30. The van der Waals surface area contributed by atoms with Crippen LogP contribution in [0.4, 0.5) is 19.0 Å². The van der Waals surface area contributed by atoms with Gasteiger partial charge in [-0.1, -0.05) is 6.07 Å². The fourth-order valence-corrected chi connectivity index (χ4v) is 2.77. The Morgan fingerprint density at radius 3 is 2.68 bits per heavy atom. The van der Waals surface area contributed by atoms with Crippen LogP contribution in [0.3, 0.4) is 0 Å². The van der Waals surface area contributed by atoms with E-state index < -0.39 is 11.9 Å². The summed E-state index contributed by atoms with van der Waals surface area (Å²) in [6.45, 7) is 4.64. The number of carbonyl (C=O) groups excluding carboxylic acids is 1. The molecule has 7 nitrogen and oxygen atoms in total. The van der Waals surface area contributed by atoms with Gasteiger partial charge in [-0.2, -0.15) is 13.2 Å². The summed E-state index contributed by atoms with van der Waals surface area (Å²) in [6, 6.07) is 3.56. The van der Waals surface area contributed by atoms with Crippen molar-refractivity contribution in [2.24, 2.45) is 4.99 Å². The zero-order chi connectivity index (χ0) is 20.6. The van der Waals surface area contributed by atoms with E-state index in [1.807, 2.05) is 19.9 Å². The average Bonchev–Trinajstić information content (AvgIpc) is 3.11. The van der Waals surface area contributed by atoms with Gasteiger partial charge in [-0.3, -0.25) is 4.79 Å². The minimum absolute atomic E-state index is 0.00949. The van der Waals surface area contributed by atoms with Crippen molar-refractivity contribution < 1.29 is 18.0 Å². The maximum absolute atomic E-state index is 12.6. The lowest BCUT2D eigenvalue weighted by molar-refractivity contribution is -0.140. The highest BCUT2D eigenvalue weighted by Gasteiger charge is 2.33. The summed E-state index contributed by atoms with van der Waals surface area (Å²) >= 11 is 0.903. The molecular formula is C17H21F3N6OS. The van der Waals surface area contributed by atoms with Crippen LogP contribution in [-0.2, 0) is 17.5 Å². The molecule has 0 saturated carbocycles. The van der Waals surface area contributed by atoms with Gasteiger partial charge >= 0.3 is 6.18 Å². The van der Waals surface area contributed by atoms with Crippen molar-refractivity contribution in [2.75, 3.05) is 18.4 Å². The number of hydrogen-bond donors (Lipinski definition) is 3. The molecule has 2 rings (SSSR count). The smallest absolute Gasteiger partial charge is 0.357 e. The summed E-state index contributed by atoms with van der Waals surface area (Å²) in [6.07, 6.45) is -2.62. The van der Waals surface area contributed by atoms with Crippen LogP contribution in [-0.4, -0.2) is 34.9 Å². The topological polar surface area (TPSA) is 91.3 Å². The highest BCUT2D eigenvalue weighted by atomic mass is 32.1. The number of guanidine groups is 1. The molecule has 0 bridgehead atoms. The lowest BCUT2D eigenvalue weighted by atomic mass is 10.3. The molecule has 0 aliphatic carbocycles. The van der Waals surface area contributed by atoms with Gasteiger partial charge in [-0.05, 0) is 25.5 Å². The Bertz CT molecular complexity index is 804. The molecule has 2 aromatic heterocycles. The molecule has 28 heavy (non-hydrogen) atoms. The second kappa shape index (κ2) is 10.0. The van der Waals surface area contributed by atoms with Crippen molar-refractivity contribution in [3.05, 3.63) is 40.0 Å². The number of aryl methyl sites for hydroxylation is 1. The van der Waals surface area contributed by atoms with E-state index in [4.69, 9.17) is 0 Å². The normalized spacial score (nSPS) is 12.0. The van der Waals surface area contributed by atoms with E-state index in [9.17, 15) is 18.0 Å². The Labute approximate surface area is 164 Å². The molecule has 0 aromatic carbocycles. The molecule has 0 fully saturated rings. The first-order valence-electron chi connectivity index (χ1n) is 8.54. The van der Waals surface area contributed by atoms with Crippen molar-refractivity contribution in [2.45, 2.75) is 33.0 Å². The van der Waals surface area contributed by atoms with Gasteiger partial charge in [-0.25, -0.2) is 15.0 Å². The van der Waals surface area contributed by atoms with E-state index in [1.54, 1.807) is 12.3 Å². The third-order valence-corrected chi connectivity index (χ3v) is 4.22. The molecule has 0 spiro atoms. The molecule has 0 aliphatic rings. The molecule has 3 N–H and O–H groups in total. The molecule has 0 radical (unpaired) electrons. The number of nitrogens with one attached hydrogen (secondary N) is 3. The number of carbonyl (C=O) groups is 1. The lowest BCUT2D eigenvalue weighted by Gasteiger charge is -2.11. The first-order valence-corrected chi connectivity index (χ1v) is 9.42. The summed E-state index contributed by atoms with van der Waals surface area (Å²) in [5.41, 5.74) is 0.0794. The van der Waals surface area contributed by atoms with Gasteiger partial charge in [0.25, 0.3) is 0 Å². The maximum Gasteiger partial charge on any atom is 0.434 e. The van der Waals surface area contributed by atoms with Gasteiger partial charge in [0.15, 0.2) is 11.7 Å². The first-order chi connectivity index (χ1) is 13.3. The predicted octanol–water partition coefficient (Wildman–Crippen LogP) is 2.95. The quantitative estimate of drug-likeness (QED) is 0.479.